The Kier molecular flexibility index (Phi) is 6.16. The molecule has 0 amide bonds. The van der Waals surface area contributed by atoms with E-state index >= 15 is 0 Å². The van der Waals surface area contributed by atoms with Crippen molar-refractivity contribution in [3.63, 3.8) is 0 Å². The zero-order valence-corrected chi connectivity index (χ0v) is 13.2. The average molecular weight is 295 g/mol. The summed E-state index contributed by atoms with van der Waals surface area (Å²) in [4.78, 5) is 0. The van der Waals surface area contributed by atoms with Gasteiger partial charge < -0.3 is 5.32 Å². The molecular formula is C18H27F2N. The maximum Gasteiger partial charge on any atom is 0.126 e. The summed E-state index contributed by atoms with van der Waals surface area (Å²) in [6, 6.07) is 4.04. The summed E-state index contributed by atoms with van der Waals surface area (Å²) in [6.45, 7) is 5.32. The zero-order valence-electron chi connectivity index (χ0n) is 13.2. The molecule has 0 radical (unpaired) electrons. The second kappa shape index (κ2) is 7.88. The Balaban J connectivity index is 2.07. The first-order valence-electron chi connectivity index (χ1n) is 8.31. The van der Waals surface area contributed by atoms with Crippen LogP contribution in [-0.2, 0) is 6.42 Å². The SMILES string of the molecule is CCCNC(Cc1cc(F)ccc1F)C1CCC(CC)C1. The number of benzene rings is 1. The minimum Gasteiger partial charge on any atom is -0.313 e. The van der Waals surface area contributed by atoms with Gasteiger partial charge in [-0.05, 0) is 67.8 Å². The maximum atomic E-state index is 13.9. The Morgan fingerprint density at radius 3 is 2.71 bits per heavy atom. The lowest BCUT2D eigenvalue weighted by molar-refractivity contribution is 0.340. The van der Waals surface area contributed by atoms with Crippen molar-refractivity contribution >= 4 is 0 Å². The monoisotopic (exact) mass is 295 g/mol. The molecule has 2 rings (SSSR count). The third-order valence-electron chi connectivity index (χ3n) is 4.83. The summed E-state index contributed by atoms with van der Waals surface area (Å²) >= 11 is 0. The lowest BCUT2D eigenvalue weighted by Gasteiger charge is -2.25. The summed E-state index contributed by atoms with van der Waals surface area (Å²) in [5.41, 5.74) is 0.503. The van der Waals surface area contributed by atoms with Gasteiger partial charge in [0.05, 0.1) is 0 Å². The first kappa shape index (κ1) is 16.4. The highest BCUT2D eigenvalue weighted by atomic mass is 19.1. The molecule has 3 unspecified atom stereocenters. The van der Waals surface area contributed by atoms with E-state index in [1.54, 1.807) is 0 Å². The second-order valence-corrected chi connectivity index (χ2v) is 6.35. The minimum atomic E-state index is -0.349. The maximum absolute atomic E-state index is 13.9. The van der Waals surface area contributed by atoms with Gasteiger partial charge in [-0.2, -0.15) is 0 Å². The molecule has 1 aliphatic rings. The molecule has 0 bridgehead atoms. The fourth-order valence-electron chi connectivity index (χ4n) is 3.52. The van der Waals surface area contributed by atoms with Gasteiger partial charge in [-0.25, -0.2) is 8.78 Å². The highest BCUT2D eigenvalue weighted by molar-refractivity contribution is 5.20. The van der Waals surface area contributed by atoms with E-state index in [1.807, 2.05) is 0 Å². The number of halogens is 2. The molecule has 0 saturated heterocycles. The van der Waals surface area contributed by atoms with Crippen LogP contribution in [0, 0.1) is 23.5 Å². The molecular weight excluding hydrogens is 268 g/mol. The van der Waals surface area contributed by atoms with Crippen molar-refractivity contribution in [3.8, 4) is 0 Å². The van der Waals surface area contributed by atoms with Gasteiger partial charge in [-0.1, -0.05) is 26.7 Å². The van der Waals surface area contributed by atoms with Gasteiger partial charge >= 0.3 is 0 Å². The fraction of sp³-hybridized carbons (Fsp3) is 0.667. The van der Waals surface area contributed by atoms with E-state index in [2.05, 4.69) is 19.2 Å². The first-order chi connectivity index (χ1) is 10.1. The summed E-state index contributed by atoms with van der Waals surface area (Å²) < 4.78 is 27.2. The van der Waals surface area contributed by atoms with Crippen molar-refractivity contribution < 1.29 is 8.78 Å². The number of rotatable bonds is 7. The van der Waals surface area contributed by atoms with Crippen LogP contribution in [0.5, 0.6) is 0 Å². The van der Waals surface area contributed by atoms with Gasteiger partial charge in [-0.15, -0.1) is 0 Å². The third-order valence-corrected chi connectivity index (χ3v) is 4.83. The second-order valence-electron chi connectivity index (χ2n) is 6.35. The summed E-state index contributed by atoms with van der Waals surface area (Å²) in [5.74, 6) is 0.755. The minimum absolute atomic E-state index is 0.262. The Hall–Kier alpha value is -0.960. The molecule has 3 atom stereocenters. The van der Waals surface area contributed by atoms with E-state index in [9.17, 15) is 8.78 Å². The summed E-state index contributed by atoms with van der Waals surface area (Å²) in [7, 11) is 0. The number of hydrogen-bond donors (Lipinski definition) is 1. The van der Waals surface area contributed by atoms with Crippen molar-refractivity contribution in [1.29, 1.82) is 0 Å². The smallest absolute Gasteiger partial charge is 0.126 e. The van der Waals surface area contributed by atoms with Gasteiger partial charge in [0.25, 0.3) is 0 Å². The molecule has 21 heavy (non-hydrogen) atoms. The lowest BCUT2D eigenvalue weighted by Crippen LogP contribution is -2.38. The Morgan fingerprint density at radius 2 is 2.05 bits per heavy atom. The van der Waals surface area contributed by atoms with Crippen LogP contribution < -0.4 is 5.32 Å². The topological polar surface area (TPSA) is 12.0 Å². The molecule has 0 aliphatic heterocycles. The van der Waals surface area contributed by atoms with Crippen LogP contribution in [0.1, 0.15) is 51.5 Å². The van der Waals surface area contributed by atoms with Crippen molar-refractivity contribution in [3.05, 3.63) is 35.4 Å². The molecule has 0 aromatic heterocycles. The average Bonchev–Trinajstić information content (AvgIpc) is 2.95. The first-order valence-corrected chi connectivity index (χ1v) is 8.31. The lowest BCUT2D eigenvalue weighted by atomic mass is 9.90. The summed E-state index contributed by atoms with van der Waals surface area (Å²) in [5, 5.41) is 3.56. The van der Waals surface area contributed by atoms with Crippen LogP contribution in [0.4, 0.5) is 8.78 Å². The predicted octanol–water partition coefficient (Wildman–Crippen LogP) is 4.70. The van der Waals surface area contributed by atoms with Gasteiger partial charge in [-0.3, -0.25) is 0 Å². The predicted molar refractivity (Wildman–Crippen MR) is 83.3 cm³/mol. The molecule has 0 heterocycles. The Bertz CT molecular complexity index is 447. The van der Waals surface area contributed by atoms with Crippen LogP contribution in [-0.4, -0.2) is 12.6 Å². The molecule has 3 heteroatoms. The molecule has 1 fully saturated rings. The molecule has 118 valence electrons. The van der Waals surface area contributed by atoms with E-state index in [0.29, 0.717) is 17.9 Å². The fourth-order valence-corrected chi connectivity index (χ4v) is 3.52. The van der Waals surface area contributed by atoms with Gasteiger partial charge in [0.15, 0.2) is 0 Å². The van der Waals surface area contributed by atoms with Crippen LogP contribution in [0.2, 0.25) is 0 Å². The van der Waals surface area contributed by atoms with E-state index in [0.717, 1.165) is 18.9 Å². The molecule has 1 saturated carbocycles. The zero-order chi connectivity index (χ0) is 15.2. The number of hydrogen-bond acceptors (Lipinski definition) is 1. The van der Waals surface area contributed by atoms with Gasteiger partial charge in [0.2, 0.25) is 0 Å². The quantitative estimate of drug-likeness (QED) is 0.768. The van der Waals surface area contributed by atoms with Crippen LogP contribution in [0.25, 0.3) is 0 Å². The van der Waals surface area contributed by atoms with Crippen molar-refractivity contribution in [2.45, 2.75) is 58.4 Å². The van der Waals surface area contributed by atoms with Crippen molar-refractivity contribution in [1.82, 2.24) is 5.32 Å². The standard InChI is InChI=1S/C18H27F2N/c1-3-9-21-18(14-6-5-13(4-2)10-14)12-15-11-16(19)7-8-17(15)20/h7-8,11,13-14,18,21H,3-6,9-10,12H2,1-2H3. The molecule has 1 aromatic rings. The van der Waals surface area contributed by atoms with E-state index in [4.69, 9.17) is 0 Å². The molecule has 0 spiro atoms. The highest BCUT2D eigenvalue weighted by Gasteiger charge is 2.30. The third kappa shape index (κ3) is 4.50. The van der Waals surface area contributed by atoms with Gasteiger partial charge in [0.1, 0.15) is 11.6 Å². The van der Waals surface area contributed by atoms with Crippen LogP contribution in [0.3, 0.4) is 0 Å². The molecule has 1 aromatic carbocycles. The van der Waals surface area contributed by atoms with E-state index in [1.165, 1.54) is 43.9 Å². The van der Waals surface area contributed by atoms with Crippen LogP contribution in [0.15, 0.2) is 18.2 Å². The van der Waals surface area contributed by atoms with Crippen molar-refractivity contribution in [2.75, 3.05) is 6.54 Å². The van der Waals surface area contributed by atoms with Gasteiger partial charge in [0, 0.05) is 6.04 Å². The molecule has 1 N–H and O–H groups in total. The van der Waals surface area contributed by atoms with Crippen LogP contribution >= 0.6 is 0 Å². The highest BCUT2D eigenvalue weighted by Crippen LogP contribution is 2.36. The van der Waals surface area contributed by atoms with E-state index < -0.39 is 0 Å². The Morgan fingerprint density at radius 1 is 1.24 bits per heavy atom. The summed E-state index contributed by atoms with van der Waals surface area (Å²) in [6.07, 6.45) is 6.57. The van der Waals surface area contributed by atoms with E-state index in [-0.39, 0.29) is 17.7 Å². The number of nitrogens with one attached hydrogen (secondary N) is 1. The Labute approximate surface area is 127 Å². The molecule has 1 nitrogen and oxygen atoms in total. The largest absolute Gasteiger partial charge is 0.313 e. The molecule has 1 aliphatic carbocycles. The van der Waals surface area contributed by atoms with Crippen molar-refractivity contribution in [2.24, 2.45) is 11.8 Å². The normalized spacial score (nSPS) is 23.4.